The highest BCUT2D eigenvalue weighted by atomic mass is 31.1. The average Bonchev–Trinajstić information content (AvgIpc) is 2.43. The molecule has 8 nitrogen and oxygen atoms in total. The Morgan fingerprint density at radius 1 is 1.25 bits per heavy atom. The van der Waals surface area contributed by atoms with Crippen LogP contribution in [0.3, 0.4) is 0 Å². The number of ether oxygens (including phenoxy) is 3. The molecule has 1 amide bonds. The Labute approximate surface area is 143 Å². The lowest BCUT2D eigenvalue weighted by atomic mass is 10.1. The van der Waals surface area contributed by atoms with Gasteiger partial charge in [0.15, 0.2) is 0 Å². The van der Waals surface area contributed by atoms with Crippen LogP contribution in [-0.4, -0.2) is 54.8 Å². The van der Waals surface area contributed by atoms with Gasteiger partial charge in [0.2, 0.25) is 0 Å². The van der Waals surface area contributed by atoms with Crippen LogP contribution in [0, 0.1) is 0 Å². The second kappa shape index (κ2) is 10.9. The van der Waals surface area contributed by atoms with E-state index in [1.807, 2.05) is 0 Å². The first kappa shape index (κ1) is 23.1. The molecule has 0 aromatic heterocycles. The Hall–Kier alpha value is -0.860. The summed E-state index contributed by atoms with van der Waals surface area (Å²) < 4.78 is 45.4. The zero-order valence-corrected chi connectivity index (χ0v) is 15.8. The minimum absolute atomic E-state index is 0.128. The van der Waals surface area contributed by atoms with E-state index in [1.54, 1.807) is 34.6 Å². The van der Waals surface area contributed by atoms with Crippen molar-refractivity contribution in [3.8, 4) is 0 Å². The first-order chi connectivity index (χ1) is 11.1. The summed E-state index contributed by atoms with van der Waals surface area (Å²) in [7, 11) is -1.23. The van der Waals surface area contributed by atoms with Crippen molar-refractivity contribution in [2.75, 3.05) is 19.8 Å². The number of halogens is 1. The average molecular weight is 372 g/mol. The van der Waals surface area contributed by atoms with Crippen LogP contribution in [0.1, 0.15) is 41.0 Å². The number of carbonyl (C=O) groups is 1. The number of hydrogen-bond donors (Lipinski definition) is 2. The van der Waals surface area contributed by atoms with Crippen molar-refractivity contribution >= 4 is 14.8 Å². The van der Waals surface area contributed by atoms with Gasteiger partial charge >= 0.3 is 20.8 Å². The van der Waals surface area contributed by atoms with Gasteiger partial charge in [0.25, 0.3) is 0 Å². The Balaban J connectivity index is 4.65. The number of alkyl halides is 1. The third-order valence-electron chi connectivity index (χ3n) is 2.64. The zero-order valence-electron chi connectivity index (χ0n) is 14.8. The quantitative estimate of drug-likeness (QED) is 0.424. The standard InChI is InChI=1S/C14H27FNO7P/c1-6-20-14(21-7-2,23-24-19)8-10(15)11(17)9-16-12(18)22-13(3,4)5/h10-11,17,24H,6-9H2,1-5H3/p+1. The Morgan fingerprint density at radius 2 is 1.79 bits per heavy atom. The number of amides is 1. The number of hydrogen-bond acceptors (Lipinski definition) is 7. The lowest BCUT2D eigenvalue weighted by molar-refractivity contribution is -0.347. The van der Waals surface area contributed by atoms with E-state index in [0.29, 0.717) is 0 Å². The molecular weight excluding hydrogens is 344 g/mol. The van der Waals surface area contributed by atoms with Crippen molar-refractivity contribution in [2.45, 2.75) is 64.9 Å². The van der Waals surface area contributed by atoms with E-state index in [-0.39, 0.29) is 19.8 Å². The van der Waals surface area contributed by atoms with Crippen molar-refractivity contribution in [3.63, 3.8) is 0 Å². The monoisotopic (exact) mass is 372 g/mol. The maximum atomic E-state index is 14.3. The summed E-state index contributed by atoms with van der Waals surface area (Å²) in [4.78, 5) is 11.5. The van der Waals surface area contributed by atoms with Gasteiger partial charge in [0.05, 0.1) is 6.42 Å². The molecule has 142 valence electrons. The van der Waals surface area contributed by atoms with Crippen molar-refractivity contribution in [3.05, 3.63) is 0 Å². The van der Waals surface area contributed by atoms with Gasteiger partial charge in [0.1, 0.15) is 17.9 Å². The lowest BCUT2D eigenvalue weighted by Crippen LogP contribution is -2.45. The summed E-state index contributed by atoms with van der Waals surface area (Å²) in [6.07, 6.45) is -4.68. The van der Waals surface area contributed by atoms with Gasteiger partial charge in [-0.25, -0.2) is 9.18 Å². The molecular formula is C14H28FNO7P+. The maximum Gasteiger partial charge on any atom is 0.499 e. The van der Waals surface area contributed by atoms with Crippen LogP contribution in [0.25, 0.3) is 0 Å². The molecule has 0 saturated heterocycles. The molecule has 0 aliphatic rings. The van der Waals surface area contributed by atoms with Gasteiger partial charge in [-0.3, -0.25) is 0 Å². The summed E-state index contributed by atoms with van der Waals surface area (Å²) in [6, 6.07) is 0. The van der Waals surface area contributed by atoms with Gasteiger partial charge in [-0.05, 0) is 39.2 Å². The fourth-order valence-corrected chi connectivity index (χ4v) is 2.10. The molecule has 0 rings (SSSR count). The summed E-state index contributed by atoms with van der Waals surface area (Å²) >= 11 is 0. The van der Waals surface area contributed by atoms with E-state index in [9.17, 15) is 18.9 Å². The predicted molar refractivity (Wildman–Crippen MR) is 85.8 cm³/mol. The maximum absolute atomic E-state index is 14.3. The van der Waals surface area contributed by atoms with Gasteiger partial charge in [0, 0.05) is 19.8 Å². The Morgan fingerprint density at radius 3 is 2.21 bits per heavy atom. The minimum Gasteiger partial charge on any atom is -0.444 e. The first-order valence-corrected chi connectivity index (χ1v) is 8.52. The number of aliphatic hydroxyl groups is 1. The molecule has 0 bridgehead atoms. The van der Waals surface area contributed by atoms with E-state index in [1.165, 1.54) is 0 Å². The first-order valence-electron chi connectivity index (χ1n) is 7.71. The van der Waals surface area contributed by atoms with Crippen LogP contribution in [0.15, 0.2) is 0 Å². The van der Waals surface area contributed by atoms with Crippen LogP contribution >= 0.6 is 8.69 Å². The number of aliphatic hydroxyl groups excluding tert-OH is 1. The third kappa shape index (κ3) is 9.44. The normalized spacial score (nSPS) is 15.1. The molecule has 2 N–H and O–H groups in total. The summed E-state index contributed by atoms with van der Waals surface area (Å²) in [5.41, 5.74) is -0.702. The van der Waals surface area contributed by atoms with E-state index in [0.717, 1.165) is 0 Å². The zero-order chi connectivity index (χ0) is 18.8. The summed E-state index contributed by atoms with van der Waals surface area (Å²) in [5, 5.41) is 12.1. The van der Waals surface area contributed by atoms with E-state index in [4.69, 9.17) is 18.7 Å². The largest absolute Gasteiger partial charge is 0.499 e. The van der Waals surface area contributed by atoms with Crippen molar-refractivity contribution in [1.29, 1.82) is 0 Å². The SMILES string of the molecule is CCOC(CC(F)C(O)CNC(=O)OC(C)(C)C)(OCC)O[PH+]=O. The van der Waals surface area contributed by atoms with E-state index >= 15 is 0 Å². The summed E-state index contributed by atoms with van der Waals surface area (Å²) in [5.74, 6) is -1.85. The lowest BCUT2D eigenvalue weighted by Gasteiger charge is -2.29. The Kier molecular flexibility index (Phi) is 10.5. The minimum atomic E-state index is -1.85. The van der Waals surface area contributed by atoms with E-state index in [2.05, 4.69) is 5.32 Å². The van der Waals surface area contributed by atoms with Crippen LogP contribution in [-0.2, 0) is 23.3 Å². The predicted octanol–water partition coefficient (Wildman–Crippen LogP) is 2.28. The van der Waals surface area contributed by atoms with E-state index < -0.39 is 45.1 Å². The second-order valence-corrected chi connectivity index (χ2v) is 6.28. The highest BCUT2D eigenvalue weighted by Crippen LogP contribution is 2.28. The molecule has 10 heteroatoms. The molecule has 0 aliphatic carbocycles. The fourth-order valence-electron chi connectivity index (χ4n) is 1.77. The van der Waals surface area contributed by atoms with Crippen LogP contribution in [0.2, 0.25) is 0 Å². The van der Waals surface area contributed by atoms with Crippen LogP contribution < -0.4 is 5.32 Å². The van der Waals surface area contributed by atoms with Gasteiger partial charge in [-0.1, -0.05) is 4.52 Å². The molecule has 0 aromatic carbocycles. The molecule has 3 unspecified atom stereocenters. The third-order valence-corrected chi connectivity index (χ3v) is 3.04. The highest BCUT2D eigenvalue weighted by Gasteiger charge is 2.42. The van der Waals surface area contributed by atoms with Gasteiger partial charge < -0.3 is 24.6 Å². The molecule has 0 fully saturated rings. The molecule has 0 saturated carbocycles. The summed E-state index contributed by atoms with van der Waals surface area (Å²) in [6.45, 7) is 8.20. The Bertz CT molecular complexity index is 386. The number of rotatable bonds is 11. The molecule has 0 aromatic rings. The molecule has 3 atom stereocenters. The highest BCUT2D eigenvalue weighted by molar-refractivity contribution is 7.17. The van der Waals surface area contributed by atoms with Crippen LogP contribution in [0.4, 0.5) is 9.18 Å². The van der Waals surface area contributed by atoms with Crippen LogP contribution in [0.5, 0.6) is 0 Å². The number of carbonyl (C=O) groups excluding carboxylic acids is 1. The fraction of sp³-hybridized carbons (Fsp3) is 0.929. The number of nitrogens with one attached hydrogen (secondary N) is 1. The number of alkyl carbamates (subject to hydrolysis) is 1. The smallest absolute Gasteiger partial charge is 0.444 e. The molecule has 0 aliphatic heterocycles. The van der Waals surface area contributed by atoms with Crippen molar-refractivity contribution in [1.82, 2.24) is 5.32 Å². The van der Waals surface area contributed by atoms with Crippen molar-refractivity contribution < 1.29 is 37.6 Å². The molecule has 24 heavy (non-hydrogen) atoms. The van der Waals surface area contributed by atoms with Gasteiger partial charge in [-0.2, -0.15) is 0 Å². The molecule has 0 radical (unpaired) electrons. The second-order valence-electron chi connectivity index (χ2n) is 5.90. The van der Waals surface area contributed by atoms with Crippen molar-refractivity contribution in [2.24, 2.45) is 0 Å². The topological polar surface area (TPSA) is 103 Å². The molecule has 0 heterocycles. The molecule has 0 spiro atoms. The van der Waals surface area contributed by atoms with Gasteiger partial charge in [-0.15, -0.1) is 0 Å².